The fourth-order valence-electron chi connectivity index (χ4n) is 10.6. The summed E-state index contributed by atoms with van der Waals surface area (Å²) in [6.45, 7) is 17.6. The summed E-state index contributed by atoms with van der Waals surface area (Å²) >= 11 is 0. The normalized spacial score (nSPS) is 22.3. The largest absolute Gasteiger partial charge is 0.496 e. The van der Waals surface area contributed by atoms with E-state index in [1.165, 1.54) is 42.0 Å². The number of hydrogen-bond acceptors (Lipinski definition) is 14. The van der Waals surface area contributed by atoms with Crippen LogP contribution >= 0.6 is 0 Å². The Morgan fingerprint density at radius 1 is 0.372 bits per heavy atom. The average molecular weight is 1190 g/mol. The van der Waals surface area contributed by atoms with Crippen molar-refractivity contribution in [1.82, 2.24) is 19.6 Å². The average Bonchev–Trinajstić information content (AvgIpc) is 3.47. The fraction of sp³-hybridized carbons (Fsp3) is 0.529. The highest BCUT2D eigenvalue weighted by atomic mass is 16.6. The number of esters is 4. The van der Waals surface area contributed by atoms with Crippen LogP contribution in [-0.4, -0.2) is 158 Å². The fourth-order valence-corrected chi connectivity index (χ4v) is 10.6. The lowest BCUT2D eigenvalue weighted by molar-refractivity contribution is -0.176. The van der Waals surface area contributed by atoms with Gasteiger partial charge in [0.25, 0.3) is 23.6 Å². The minimum Gasteiger partial charge on any atom is -0.496 e. The molecule has 1 fully saturated rings. The molecule has 5 rings (SSSR count). The zero-order chi connectivity index (χ0) is 63.7. The summed E-state index contributed by atoms with van der Waals surface area (Å²) in [4.78, 5) is 123. The first kappa shape index (κ1) is 69.0. The molecule has 1 aliphatic rings. The Morgan fingerprint density at radius 3 is 0.907 bits per heavy atom. The van der Waals surface area contributed by atoms with Crippen molar-refractivity contribution in [3.63, 3.8) is 0 Å². The minimum absolute atomic E-state index is 0.0780. The molecule has 18 heteroatoms. The molecular formula is C68H92N4O14. The lowest BCUT2D eigenvalue weighted by Crippen LogP contribution is -2.55. The van der Waals surface area contributed by atoms with Crippen molar-refractivity contribution in [3.8, 4) is 11.5 Å². The van der Waals surface area contributed by atoms with Gasteiger partial charge in [-0.25, -0.2) is 19.2 Å². The number of cyclic esters (lactones) is 4. The molecule has 8 atom stereocenters. The van der Waals surface area contributed by atoms with Crippen molar-refractivity contribution in [3.05, 3.63) is 130 Å². The number of amides is 4. The molecule has 4 aromatic rings. The molecule has 0 bridgehead atoms. The molecule has 0 N–H and O–H groups in total. The van der Waals surface area contributed by atoms with E-state index in [9.17, 15) is 28.8 Å². The molecule has 4 amide bonds. The van der Waals surface area contributed by atoms with Crippen molar-refractivity contribution in [2.75, 3.05) is 42.4 Å². The molecule has 1 aliphatic heterocycles. The summed E-state index contributed by atoms with van der Waals surface area (Å²) in [5.74, 6) is -6.01. The SMILES string of the molecule is COc1ccccc1Cc1ccc(C[C@H]2OC(=O)[C@H](CC(C)C)N(C)C(=O)[C@@H](C)OC(=O)[C@H](CC(C)C)N(C)C(=O)[C@@H](Cc3ccc(Cc4ccccc4OC)cc3)OC(=O)[C@H](CC(C)C)N(C)C(=O)[C@@H](C)OC(=O)[C@H](CC(C)C)N(C)C2=O)cc1. The van der Waals surface area contributed by atoms with E-state index in [4.69, 9.17) is 28.4 Å². The number of benzene rings is 4. The van der Waals surface area contributed by atoms with Gasteiger partial charge in [-0.3, -0.25) is 19.2 Å². The summed E-state index contributed by atoms with van der Waals surface area (Å²) in [5.41, 5.74) is 5.05. The molecule has 0 aliphatic carbocycles. The molecule has 468 valence electrons. The highest BCUT2D eigenvalue weighted by Gasteiger charge is 2.43. The third-order valence-electron chi connectivity index (χ3n) is 15.5. The van der Waals surface area contributed by atoms with Gasteiger partial charge in [-0.2, -0.15) is 0 Å². The van der Waals surface area contributed by atoms with Crippen LogP contribution in [0.25, 0.3) is 0 Å². The minimum atomic E-state index is -1.54. The smallest absolute Gasteiger partial charge is 0.329 e. The number of hydrogen-bond donors (Lipinski definition) is 0. The molecule has 18 nitrogen and oxygen atoms in total. The zero-order valence-corrected chi connectivity index (χ0v) is 53.3. The zero-order valence-electron chi connectivity index (χ0n) is 53.3. The second-order valence-electron chi connectivity index (χ2n) is 24.4. The molecule has 0 spiro atoms. The van der Waals surface area contributed by atoms with Gasteiger partial charge < -0.3 is 48.0 Å². The first-order valence-corrected chi connectivity index (χ1v) is 29.9. The first-order valence-electron chi connectivity index (χ1n) is 29.9. The number of carbonyl (C=O) groups excluding carboxylic acids is 8. The maximum absolute atomic E-state index is 15.1. The van der Waals surface area contributed by atoms with E-state index < -0.39 is 96.1 Å². The van der Waals surface area contributed by atoms with Crippen molar-refractivity contribution in [2.24, 2.45) is 23.7 Å². The van der Waals surface area contributed by atoms with Crippen LogP contribution in [0.4, 0.5) is 0 Å². The van der Waals surface area contributed by atoms with Gasteiger partial charge in [0.05, 0.1) is 14.2 Å². The highest BCUT2D eigenvalue weighted by Crippen LogP contribution is 2.27. The van der Waals surface area contributed by atoms with Crippen LogP contribution < -0.4 is 9.47 Å². The summed E-state index contributed by atoms with van der Waals surface area (Å²) in [7, 11) is 8.80. The third-order valence-corrected chi connectivity index (χ3v) is 15.5. The maximum atomic E-state index is 15.1. The van der Waals surface area contributed by atoms with Crippen LogP contribution in [0.2, 0.25) is 0 Å². The molecule has 0 unspecified atom stereocenters. The Balaban J connectivity index is 1.59. The van der Waals surface area contributed by atoms with Gasteiger partial charge in [-0.15, -0.1) is 0 Å². The number of rotatable bonds is 18. The van der Waals surface area contributed by atoms with E-state index in [2.05, 4.69) is 0 Å². The maximum Gasteiger partial charge on any atom is 0.329 e. The second kappa shape index (κ2) is 32.1. The number of carbonyl (C=O) groups is 8. The molecular weight excluding hydrogens is 1100 g/mol. The molecule has 1 heterocycles. The van der Waals surface area contributed by atoms with Crippen molar-refractivity contribution in [2.45, 2.75) is 169 Å². The topological polar surface area (TPSA) is 205 Å². The van der Waals surface area contributed by atoms with Gasteiger partial charge in [-0.1, -0.05) is 140 Å². The van der Waals surface area contributed by atoms with E-state index in [0.717, 1.165) is 53.4 Å². The summed E-state index contributed by atoms with van der Waals surface area (Å²) in [6, 6.07) is 25.0. The van der Waals surface area contributed by atoms with Gasteiger partial charge in [-0.05, 0) is 109 Å². The van der Waals surface area contributed by atoms with E-state index in [1.54, 1.807) is 14.2 Å². The van der Waals surface area contributed by atoms with Gasteiger partial charge in [0.15, 0.2) is 24.4 Å². The van der Waals surface area contributed by atoms with Gasteiger partial charge in [0.2, 0.25) is 0 Å². The second-order valence-corrected chi connectivity index (χ2v) is 24.4. The Hall–Kier alpha value is -7.76. The predicted octanol–water partition coefficient (Wildman–Crippen LogP) is 8.86. The van der Waals surface area contributed by atoms with Crippen molar-refractivity contribution >= 4 is 47.5 Å². The number of methoxy groups -OCH3 is 2. The van der Waals surface area contributed by atoms with Crippen LogP contribution in [0.3, 0.4) is 0 Å². The van der Waals surface area contributed by atoms with Crippen LogP contribution in [-0.2, 0) is 83.0 Å². The van der Waals surface area contributed by atoms with Crippen molar-refractivity contribution in [1.29, 1.82) is 0 Å². The van der Waals surface area contributed by atoms with E-state index >= 15 is 9.59 Å². The Morgan fingerprint density at radius 2 is 0.628 bits per heavy atom. The molecule has 4 aromatic carbocycles. The Kier molecular flexibility index (Phi) is 25.8. The lowest BCUT2D eigenvalue weighted by Gasteiger charge is -2.35. The van der Waals surface area contributed by atoms with E-state index in [-0.39, 0.29) is 62.2 Å². The summed E-state index contributed by atoms with van der Waals surface area (Å²) < 4.78 is 35.5. The molecule has 0 saturated carbocycles. The number of nitrogens with zero attached hydrogens (tertiary/aromatic N) is 4. The van der Waals surface area contributed by atoms with Crippen molar-refractivity contribution < 1.29 is 66.8 Å². The van der Waals surface area contributed by atoms with Gasteiger partial charge in [0, 0.05) is 53.9 Å². The summed E-state index contributed by atoms with van der Waals surface area (Å²) in [6.07, 6.45) is -4.94. The lowest BCUT2D eigenvalue weighted by atomic mass is 9.98. The van der Waals surface area contributed by atoms with Gasteiger partial charge >= 0.3 is 23.9 Å². The van der Waals surface area contributed by atoms with Gasteiger partial charge in [0.1, 0.15) is 35.7 Å². The number of likely N-dealkylation sites (N-methyl/N-ethyl adjacent to an activating group) is 4. The third kappa shape index (κ3) is 19.1. The summed E-state index contributed by atoms with van der Waals surface area (Å²) in [5, 5.41) is 0. The van der Waals surface area contributed by atoms with Crippen LogP contribution in [0.15, 0.2) is 97.1 Å². The van der Waals surface area contributed by atoms with E-state index in [0.29, 0.717) is 24.0 Å². The number of ether oxygens (including phenoxy) is 6. The molecule has 0 aromatic heterocycles. The first-order chi connectivity index (χ1) is 40.6. The predicted molar refractivity (Wildman–Crippen MR) is 327 cm³/mol. The quantitative estimate of drug-likeness (QED) is 0.0675. The van der Waals surface area contributed by atoms with E-state index in [1.807, 2.05) is 152 Å². The van der Waals surface area contributed by atoms with Crippen LogP contribution in [0, 0.1) is 23.7 Å². The van der Waals surface area contributed by atoms with Crippen LogP contribution in [0.1, 0.15) is 128 Å². The molecule has 0 radical (unpaired) electrons. The standard InChI is InChI=1S/C68H92N4O14/c1-41(2)33-53-65(77)83-45(9)61(73)69(11)56(36-44(7)8)68(80)86-60(40-50-31-27-48(28-32-50)38-52-22-18-20-24-58(52)82-16)64(76)72(14)54(34-42(3)4)66(78)84-46(10)62(74)70(12)55(35-43(5)6)67(79)85-59(63(75)71(53)13)39-49-29-25-47(26-30-49)37-51-21-17-19-23-57(51)81-15/h17-32,41-46,53-56,59-60H,33-40H2,1-16H3/t45-,46-,53+,54+,55+,56+,59-,60-/m1/s1. The molecule has 86 heavy (non-hydrogen) atoms. The molecule has 1 saturated heterocycles. The number of para-hydroxylation sites is 2. The van der Waals surface area contributed by atoms with Crippen LogP contribution in [0.5, 0.6) is 11.5 Å². The highest BCUT2D eigenvalue weighted by molar-refractivity contribution is 5.94. The Labute approximate surface area is 509 Å². The monoisotopic (exact) mass is 1190 g/mol. The Bertz CT molecular complexity index is 2730.